The zero-order chi connectivity index (χ0) is 19.0. The summed E-state index contributed by atoms with van der Waals surface area (Å²) < 4.78 is 5.20. The van der Waals surface area contributed by atoms with Crippen LogP contribution in [0.3, 0.4) is 0 Å². The number of likely N-dealkylation sites (N-methyl/N-ethyl adjacent to an activating group) is 1. The second kappa shape index (κ2) is 7.02. The maximum absolute atomic E-state index is 13.0. The predicted molar refractivity (Wildman–Crippen MR) is 102 cm³/mol. The molecule has 0 spiro atoms. The lowest BCUT2D eigenvalue weighted by molar-refractivity contribution is 0.0667. The molecule has 0 saturated carbocycles. The first-order valence-electron chi connectivity index (χ1n) is 9.33. The predicted octanol–water partition coefficient (Wildman–Crippen LogP) is 2.50. The van der Waals surface area contributed by atoms with E-state index in [0.717, 1.165) is 29.8 Å². The van der Waals surface area contributed by atoms with Gasteiger partial charge in [0.1, 0.15) is 29.1 Å². The molecule has 3 aromatic heterocycles. The van der Waals surface area contributed by atoms with Gasteiger partial charge in [0.15, 0.2) is 0 Å². The minimum absolute atomic E-state index is 0.00659. The second-order valence-corrected chi connectivity index (χ2v) is 7.15. The standard InChI is InChI=1S/C19H24N6O2/c1-4-16-14(9-23-27-16)19(26)25-8-6-12(2)15(10-25)24(3)18-13-5-7-20-17(13)21-11-22-18/h5,7,9,11-12,15H,4,6,8,10H2,1-3H3,(H,20,21,22)/t12?,15-/m0/s1. The van der Waals surface area contributed by atoms with Gasteiger partial charge in [-0.3, -0.25) is 4.79 Å². The molecule has 0 radical (unpaired) electrons. The third-order valence-corrected chi connectivity index (χ3v) is 5.57. The third-order valence-electron chi connectivity index (χ3n) is 5.57. The molecule has 0 aliphatic carbocycles. The fraction of sp³-hybridized carbons (Fsp3) is 0.474. The van der Waals surface area contributed by atoms with Crippen LogP contribution in [-0.2, 0) is 6.42 Å². The van der Waals surface area contributed by atoms with Gasteiger partial charge in [-0.25, -0.2) is 9.97 Å². The number of nitrogens with zero attached hydrogens (tertiary/aromatic N) is 5. The molecule has 1 fully saturated rings. The van der Waals surface area contributed by atoms with Crippen LogP contribution in [0, 0.1) is 5.92 Å². The Balaban J connectivity index is 1.59. The summed E-state index contributed by atoms with van der Waals surface area (Å²) in [7, 11) is 2.04. The van der Waals surface area contributed by atoms with Gasteiger partial charge < -0.3 is 19.3 Å². The molecule has 1 N–H and O–H groups in total. The van der Waals surface area contributed by atoms with Crippen LogP contribution in [0.25, 0.3) is 11.0 Å². The van der Waals surface area contributed by atoms with E-state index in [1.165, 1.54) is 6.20 Å². The van der Waals surface area contributed by atoms with Crippen LogP contribution in [-0.4, -0.2) is 57.1 Å². The molecule has 4 heterocycles. The Kier molecular flexibility index (Phi) is 4.55. The van der Waals surface area contributed by atoms with Crippen LogP contribution in [0.4, 0.5) is 5.82 Å². The van der Waals surface area contributed by atoms with Crippen molar-refractivity contribution < 1.29 is 9.32 Å². The van der Waals surface area contributed by atoms with Crippen LogP contribution in [0.2, 0.25) is 0 Å². The number of carbonyl (C=O) groups is 1. The van der Waals surface area contributed by atoms with Crippen molar-refractivity contribution in [3.8, 4) is 0 Å². The summed E-state index contributed by atoms with van der Waals surface area (Å²) >= 11 is 0. The quantitative estimate of drug-likeness (QED) is 0.761. The zero-order valence-electron chi connectivity index (χ0n) is 15.8. The van der Waals surface area contributed by atoms with Crippen LogP contribution in [0.1, 0.15) is 36.4 Å². The molecule has 4 rings (SSSR count). The lowest BCUT2D eigenvalue weighted by Gasteiger charge is -2.42. The first-order chi connectivity index (χ1) is 13.1. The first-order valence-corrected chi connectivity index (χ1v) is 9.33. The van der Waals surface area contributed by atoms with Gasteiger partial charge in [-0.05, 0) is 18.4 Å². The number of aromatic nitrogens is 4. The highest BCUT2D eigenvalue weighted by atomic mass is 16.5. The van der Waals surface area contributed by atoms with Crippen molar-refractivity contribution in [1.29, 1.82) is 0 Å². The molecular weight excluding hydrogens is 344 g/mol. The van der Waals surface area contributed by atoms with Crippen molar-refractivity contribution in [2.24, 2.45) is 5.92 Å². The van der Waals surface area contributed by atoms with Crippen LogP contribution >= 0.6 is 0 Å². The van der Waals surface area contributed by atoms with Crippen LogP contribution < -0.4 is 4.90 Å². The number of piperidine rings is 1. The van der Waals surface area contributed by atoms with Gasteiger partial charge in [0.2, 0.25) is 0 Å². The van der Waals surface area contributed by atoms with E-state index in [2.05, 4.69) is 31.9 Å². The van der Waals surface area contributed by atoms with E-state index in [0.29, 0.717) is 30.2 Å². The SMILES string of the molecule is CCc1oncc1C(=O)N1CCC(C)[C@@H](N(C)c2ncnc3[nH]ccc23)C1. The van der Waals surface area contributed by atoms with E-state index >= 15 is 0 Å². The van der Waals surface area contributed by atoms with Gasteiger partial charge in [-0.1, -0.05) is 19.0 Å². The van der Waals surface area contributed by atoms with Gasteiger partial charge in [0.05, 0.1) is 17.6 Å². The van der Waals surface area contributed by atoms with E-state index in [1.807, 2.05) is 31.1 Å². The number of hydrogen-bond acceptors (Lipinski definition) is 6. The molecule has 1 amide bonds. The number of carbonyl (C=O) groups excluding carboxylic acids is 1. The van der Waals surface area contributed by atoms with Crippen molar-refractivity contribution in [1.82, 2.24) is 25.0 Å². The third kappa shape index (κ3) is 3.05. The number of likely N-dealkylation sites (tertiary alicyclic amines) is 1. The number of nitrogens with one attached hydrogen (secondary N) is 1. The zero-order valence-corrected chi connectivity index (χ0v) is 15.8. The van der Waals surface area contributed by atoms with Crippen molar-refractivity contribution in [2.75, 3.05) is 25.0 Å². The highest BCUT2D eigenvalue weighted by Gasteiger charge is 2.34. The number of aryl methyl sites for hydroxylation is 1. The van der Waals surface area contributed by atoms with Gasteiger partial charge >= 0.3 is 0 Å². The smallest absolute Gasteiger partial charge is 0.259 e. The fourth-order valence-electron chi connectivity index (χ4n) is 3.90. The minimum Gasteiger partial charge on any atom is -0.361 e. The molecule has 0 aromatic carbocycles. The molecule has 0 bridgehead atoms. The van der Waals surface area contributed by atoms with Crippen molar-refractivity contribution in [3.63, 3.8) is 0 Å². The average molecular weight is 368 g/mol. The number of fused-ring (bicyclic) bond motifs is 1. The van der Waals surface area contributed by atoms with Crippen molar-refractivity contribution in [3.05, 3.63) is 36.1 Å². The largest absolute Gasteiger partial charge is 0.361 e. The lowest BCUT2D eigenvalue weighted by Crippen LogP contribution is -2.53. The Morgan fingerprint density at radius 1 is 1.44 bits per heavy atom. The van der Waals surface area contributed by atoms with E-state index in [9.17, 15) is 4.79 Å². The summed E-state index contributed by atoms with van der Waals surface area (Å²) in [5, 5.41) is 4.79. The molecule has 3 aromatic rings. The van der Waals surface area contributed by atoms with Gasteiger partial charge in [0.25, 0.3) is 5.91 Å². The minimum atomic E-state index is -0.00659. The summed E-state index contributed by atoms with van der Waals surface area (Å²) in [6.07, 6.45) is 6.57. The summed E-state index contributed by atoms with van der Waals surface area (Å²) in [6, 6.07) is 2.16. The number of aromatic amines is 1. The van der Waals surface area contributed by atoms with E-state index < -0.39 is 0 Å². The van der Waals surface area contributed by atoms with E-state index in [-0.39, 0.29) is 11.9 Å². The fourth-order valence-corrected chi connectivity index (χ4v) is 3.90. The molecule has 142 valence electrons. The topological polar surface area (TPSA) is 91.2 Å². The molecule has 1 aliphatic rings. The van der Waals surface area contributed by atoms with Crippen molar-refractivity contribution >= 4 is 22.8 Å². The summed E-state index contributed by atoms with van der Waals surface area (Å²) in [5.74, 6) is 1.96. The lowest BCUT2D eigenvalue weighted by atomic mass is 9.91. The normalized spacial score (nSPS) is 20.2. The summed E-state index contributed by atoms with van der Waals surface area (Å²) in [4.78, 5) is 29.0. The number of rotatable bonds is 4. The molecule has 1 unspecified atom stereocenters. The van der Waals surface area contributed by atoms with Crippen molar-refractivity contribution in [2.45, 2.75) is 32.7 Å². The molecule has 2 atom stereocenters. The monoisotopic (exact) mass is 368 g/mol. The van der Waals surface area contributed by atoms with Gasteiger partial charge in [-0.15, -0.1) is 0 Å². The Hall–Kier alpha value is -2.90. The highest BCUT2D eigenvalue weighted by Crippen LogP contribution is 2.29. The maximum Gasteiger partial charge on any atom is 0.259 e. The average Bonchev–Trinajstić information content (AvgIpc) is 3.35. The first kappa shape index (κ1) is 17.5. The molecule has 8 nitrogen and oxygen atoms in total. The van der Waals surface area contributed by atoms with Gasteiger partial charge in [0, 0.05) is 32.8 Å². The molecule has 27 heavy (non-hydrogen) atoms. The number of amides is 1. The number of H-pyrrole nitrogens is 1. The maximum atomic E-state index is 13.0. The summed E-state index contributed by atoms with van der Waals surface area (Å²) in [5.41, 5.74) is 1.39. The Labute approximate surface area is 157 Å². The summed E-state index contributed by atoms with van der Waals surface area (Å²) in [6.45, 7) is 5.57. The van der Waals surface area contributed by atoms with E-state index in [4.69, 9.17) is 4.52 Å². The molecular formula is C19H24N6O2. The Morgan fingerprint density at radius 2 is 2.30 bits per heavy atom. The number of hydrogen-bond donors (Lipinski definition) is 1. The molecule has 1 saturated heterocycles. The number of anilines is 1. The van der Waals surface area contributed by atoms with Gasteiger partial charge in [-0.2, -0.15) is 0 Å². The highest BCUT2D eigenvalue weighted by molar-refractivity contribution is 5.95. The van der Waals surface area contributed by atoms with Crippen LogP contribution in [0.5, 0.6) is 0 Å². The molecule has 1 aliphatic heterocycles. The Morgan fingerprint density at radius 3 is 3.11 bits per heavy atom. The molecule has 8 heteroatoms. The Bertz CT molecular complexity index is 948. The van der Waals surface area contributed by atoms with E-state index in [1.54, 1.807) is 6.33 Å². The second-order valence-electron chi connectivity index (χ2n) is 7.15. The van der Waals surface area contributed by atoms with Crippen LogP contribution in [0.15, 0.2) is 29.3 Å².